The van der Waals surface area contributed by atoms with Crippen molar-refractivity contribution < 1.29 is 8.42 Å². The number of rotatable bonds is 4. The lowest BCUT2D eigenvalue weighted by molar-refractivity contribution is 0.399. The summed E-state index contributed by atoms with van der Waals surface area (Å²) in [4.78, 5) is 0.276. The molecule has 1 saturated carbocycles. The summed E-state index contributed by atoms with van der Waals surface area (Å²) in [5, 5.41) is 0. The van der Waals surface area contributed by atoms with Crippen molar-refractivity contribution in [3.63, 3.8) is 0 Å². The molecule has 4 nitrogen and oxygen atoms in total. The number of nitrogens with one attached hydrogen (secondary N) is 1. The molecule has 0 spiro atoms. The van der Waals surface area contributed by atoms with Gasteiger partial charge < -0.3 is 5.73 Å². The van der Waals surface area contributed by atoms with E-state index in [1.165, 1.54) is 0 Å². The Labute approximate surface area is 122 Å². The fourth-order valence-electron chi connectivity index (χ4n) is 2.56. The van der Waals surface area contributed by atoms with Crippen molar-refractivity contribution in [2.75, 3.05) is 6.54 Å². The zero-order valence-electron chi connectivity index (χ0n) is 10.9. The maximum absolute atomic E-state index is 12.5. The summed E-state index contributed by atoms with van der Waals surface area (Å²) in [7, 11) is -3.54. The summed E-state index contributed by atoms with van der Waals surface area (Å²) < 4.78 is 28.4. The molecule has 0 bridgehead atoms. The van der Waals surface area contributed by atoms with E-state index in [9.17, 15) is 8.42 Å². The first-order valence-electron chi connectivity index (χ1n) is 6.39. The van der Waals surface area contributed by atoms with Crippen LogP contribution in [0.2, 0.25) is 0 Å². The van der Waals surface area contributed by atoms with Gasteiger partial charge in [0.2, 0.25) is 10.0 Å². The standard InChI is InChI=1S/C13H19BrN2O2S/c1-10-4-5-12(11(14)8-10)19(17,18)16-13(9-15)6-2-3-7-13/h4-5,8,16H,2-3,6-7,9,15H2,1H3. The van der Waals surface area contributed by atoms with E-state index in [-0.39, 0.29) is 4.90 Å². The molecule has 0 atom stereocenters. The van der Waals surface area contributed by atoms with Crippen LogP contribution in [0.5, 0.6) is 0 Å². The highest BCUT2D eigenvalue weighted by molar-refractivity contribution is 9.10. The summed E-state index contributed by atoms with van der Waals surface area (Å²) in [6.45, 7) is 2.27. The molecule has 0 heterocycles. The molecule has 1 fully saturated rings. The lowest BCUT2D eigenvalue weighted by Crippen LogP contribution is -2.51. The Morgan fingerprint density at radius 2 is 2.00 bits per heavy atom. The van der Waals surface area contributed by atoms with E-state index >= 15 is 0 Å². The number of halogens is 1. The van der Waals surface area contributed by atoms with Gasteiger partial charge in [0.05, 0.1) is 4.90 Å². The van der Waals surface area contributed by atoms with Gasteiger partial charge in [-0.3, -0.25) is 0 Å². The van der Waals surface area contributed by atoms with Crippen molar-refractivity contribution in [3.05, 3.63) is 28.2 Å². The Kier molecular flexibility index (Phi) is 4.35. The SMILES string of the molecule is Cc1ccc(S(=O)(=O)NC2(CN)CCCC2)c(Br)c1. The molecule has 0 radical (unpaired) electrons. The average Bonchev–Trinajstić information content (AvgIpc) is 2.77. The number of benzene rings is 1. The van der Waals surface area contributed by atoms with Crippen LogP contribution in [0.1, 0.15) is 31.2 Å². The fraction of sp³-hybridized carbons (Fsp3) is 0.538. The van der Waals surface area contributed by atoms with Crippen LogP contribution in [0.25, 0.3) is 0 Å². The zero-order valence-corrected chi connectivity index (χ0v) is 13.4. The Morgan fingerprint density at radius 3 is 2.53 bits per heavy atom. The molecule has 1 aliphatic rings. The summed E-state index contributed by atoms with van der Waals surface area (Å²) in [5.74, 6) is 0. The van der Waals surface area contributed by atoms with Gasteiger partial charge in [-0.1, -0.05) is 18.9 Å². The molecule has 0 unspecified atom stereocenters. The molecule has 0 saturated heterocycles. The van der Waals surface area contributed by atoms with Crippen LogP contribution in [0.3, 0.4) is 0 Å². The predicted octanol–water partition coefficient (Wildman–Crippen LogP) is 2.31. The molecule has 3 N–H and O–H groups in total. The first-order valence-corrected chi connectivity index (χ1v) is 8.66. The van der Waals surface area contributed by atoms with Crippen LogP contribution >= 0.6 is 15.9 Å². The minimum Gasteiger partial charge on any atom is -0.329 e. The van der Waals surface area contributed by atoms with Crippen LogP contribution in [-0.2, 0) is 10.0 Å². The maximum Gasteiger partial charge on any atom is 0.242 e. The maximum atomic E-state index is 12.5. The molecule has 0 aromatic heterocycles. The van der Waals surface area contributed by atoms with E-state index in [0.29, 0.717) is 11.0 Å². The van der Waals surface area contributed by atoms with Crippen LogP contribution in [-0.4, -0.2) is 20.5 Å². The van der Waals surface area contributed by atoms with Gasteiger partial charge in [0.25, 0.3) is 0 Å². The summed E-state index contributed by atoms with van der Waals surface area (Å²) in [6, 6.07) is 5.22. The highest BCUT2D eigenvalue weighted by Crippen LogP contribution is 2.31. The molecule has 19 heavy (non-hydrogen) atoms. The smallest absolute Gasteiger partial charge is 0.242 e. The van der Waals surface area contributed by atoms with Crippen molar-refractivity contribution >= 4 is 26.0 Å². The van der Waals surface area contributed by atoms with Gasteiger partial charge in [-0.15, -0.1) is 0 Å². The third-order valence-electron chi connectivity index (χ3n) is 3.68. The lowest BCUT2D eigenvalue weighted by atomic mass is 10.0. The Hall–Kier alpha value is -0.430. The van der Waals surface area contributed by atoms with Crippen molar-refractivity contribution in [2.45, 2.75) is 43.0 Å². The number of nitrogens with two attached hydrogens (primary N) is 1. The van der Waals surface area contributed by atoms with E-state index in [2.05, 4.69) is 20.7 Å². The van der Waals surface area contributed by atoms with Crippen LogP contribution in [0.4, 0.5) is 0 Å². The van der Waals surface area contributed by atoms with Crippen LogP contribution < -0.4 is 10.5 Å². The zero-order chi connectivity index (χ0) is 14.1. The van der Waals surface area contributed by atoms with Crippen LogP contribution in [0.15, 0.2) is 27.6 Å². The Morgan fingerprint density at radius 1 is 1.37 bits per heavy atom. The lowest BCUT2D eigenvalue weighted by Gasteiger charge is -2.28. The van der Waals surface area contributed by atoms with Crippen molar-refractivity contribution in [1.29, 1.82) is 0 Å². The molecule has 0 aliphatic heterocycles. The second-order valence-electron chi connectivity index (χ2n) is 5.23. The van der Waals surface area contributed by atoms with E-state index < -0.39 is 15.6 Å². The van der Waals surface area contributed by atoms with Crippen LogP contribution in [0, 0.1) is 6.92 Å². The fourth-order valence-corrected chi connectivity index (χ4v) is 5.23. The van der Waals surface area contributed by atoms with Crippen molar-refractivity contribution in [3.8, 4) is 0 Å². The molecule has 2 rings (SSSR count). The molecule has 6 heteroatoms. The van der Waals surface area contributed by atoms with Gasteiger partial charge in [-0.05, 0) is 53.4 Å². The summed E-state index contributed by atoms with van der Waals surface area (Å²) in [5.41, 5.74) is 6.32. The average molecular weight is 347 g/mol. The molecule has 106 valence electrons. The second-order valence-corrected chi connectivity index (χ2v) is 7.74. The summed E-state index contributed by atoms with van der Waals surface area (Å²) in [6.07, 6.45) is 3.67. The number of sulfonamides is 1. The molecule has 0 amide bonds. The van der Waals surface area contributed by atoms with E-state index in [1.807, 2.05) is 6.92 Å². The Bertz CT molecular complexity index is 566. The van der Waals surface area contributed by atoms with Crippen molar-refractivity contribution in [2.24, 2.45) is 5.73 Å². The predicted molar refractivity (Wildman–Crippen MR) is 79.5 cm³/mol. The first kappa shape index (κ1) is 15.0. The van der Waals surface area contributed by atoms with E-state index in [1.54, 1.807) is 18.2 Å². The molecular formula is C13H19BrN2O2S. The van der Waals surface area contributed by atoms with Gasteiger partial charge in [0.1, 0.15) is 0 Å². The highest BCUT2D eigenvalue weighted by atomic mass is 79.9. The molecule has 1 aromatic carbocycles. The highest BCUT2D eigenvalue weighted by Gasteiger charge is 2.37. The quantitative estimate of drug-likeness (QED) is 0.878. The van der Waals surface area contributed by atoms with Crippen molar-refractivity contribution in [1.82, 2.24) is 4.72 Å². The van der Waals surface area contributed by atoms with Gasteiger partial charge in [0, 0.05) is 16.6 Å². The van der Waals surface area contributed by atoms with E-state index in [4.69, 9.17) is 5.73 Å². The third-order valence-corrected chi connectivity index (χ3v) is 6.23. The topological polar surface area (TPSA) is 72.2 Å². The molecular weight excluding hydrogens is 328 g/mol. The monoisotopic (exact) mass is 346 g/mol. The minimum atomic E-state index is -3.54. The number of hydrogen-bond donors (Lipinski definition) is 2. The van der Waals surface area contributed by atoms with E-state index in [0.717, 1.165) is 31.2 Å². The molecule has 1 aromatic rings. The normalized spacial score (nSPS) is 18.7. The first-order chi connectivity index (χ1) is 8.88. The summed E-state index contributed by atoms with van der Waals surface area (Å²) >= 11 is 3.32. The van der Waals surface area contributed by atoms with Gasteiger partial charge in [0.15, 0.2) is 0 Å². The van der Waals surface area contributed by atoms with Gasteiger partial charge >= 0.3 is 0 Å². The number of hydrogen-bond acceptors (Lipinski definition) is 3. The Balaban J connectivity index is 2.32. The third kappa shape index (κ3) is 3.18. The number of aryl methyl sites for hydroxylation is 1. The van der Waals surface area contributed by atoms with Gasteiger partial charge in [-0.25, -0.2) is 13.1 Å². The second kappa shape index (κ2) is 5.52. The minimum absolute atomic E-state index is 0.276. The molecule has 1 aliphatic carbocycles. The van der Waals surface area contributed by atoms with Gasteiger partial charge in [-0.2, -0.15) is 0 Å². The largest absolute Gasteiger partial charge is 0.329 e.